The third kappa shape index (κ3) is 18.0. The van der Waals surface area contributed by atoms with E-state index in [1.807, 2.05) is 32.8 Å². The Morgan fingerprint density at radius 1 is 0.655 bits per heavy atom. The number of carbonyl (C=O) groups excluding carboxylic acids is 9. The van der Waals surface area contributed by atoms with Gasteiger partial charge in [0.25, 0.3) is 0 Å². The Balaban J connectivity index is 0.981. The van der Waals surface area contributed by atoms with Crippen molar-refractivity contribution in [1.82, 2.24) is 52.8 Å². The number of hydrogen-bond donors (Lipinski definition) is 19. The topological polar surface area (TPSA) is 511 Å². The Morgan fingerprint density at radius 2 is 1.29 bits per heavy atom. The minimum atomic E-state index is -2.34. The van der Waals surface area contributed by atoms with Crippen LogP contribution in [-0.4, -0.2) is 201 Å². The number of amides is 10. The number of rotatable bonds is 17. The molecule has 10 aliphatic rings. The lowest BCUT2D eigenvalue weighted by molar-refractivity contribution is -0.270. The lowest BCUT2D eigenvalue weighted by Gasteiger charge is -2.54. The molecule has 6 aromatic carbocycles. The highest BCUT2D eigenvalue weighted by Gasteiger charge is 2.51. The number of aliphatic hydroxyl groups is 5. The third-order valence-corrected chi connectivity index (χ3v) is 22.7. The molecular formula is C81H95ClN12O22. The zero-order valence-electron chi connectivity index (χ0n) is 64.1. The molecule has 0 unspecified atom stereocenters. The molecule has 6 heterocycles. The van der Waals surface area contributed by atoms with E-state index in [0.717, 1.165) is 80.6 Å². The second-order valence-electron chi connectivity index (χ2n) is 31.4. The van der Waals surface area contributed by atoms with Crippen molar-refractivity contribution < 1.29 is 108 Å². The maximum absolute atomic E-state index is 16.4. The molecule has 35 heteroatoms. The van der Waals surface area contributed by atoms with E-state index in [0.29, 0.717) is 30.7 Å². The number of urea groups is 1. The van der Waals surface area contributed by atoms with Crippen LogP contribution in [0.4, 0.5) is 10.5 Å². The summed E-state index contributed by atoms with van der Waals surface area (Å²) in [7, 11) is 5.23. The molecule has 10 amide bonds. The summed E-state index contributed by atoms with van der Waals surface area (Å²) in [6.45, 7) is 5.67. The predicted molar refractivity (Wildman–Crippen MR) is 414 cm³/mol. The van der Waals surface area contributed by atoms with E-state index in [9.17, 15) is 55.2 Å². The van der Waals surface area contributed by atoms with Gasteiger partial charge in [-0.3, -0.25) is 43.7 Å². The van der Waals surface area contributed by atoms with Crippen LogP contribution in [0, 0.1) is 36.5 Å². The normalized spacial score (nSPS) is 27.8. The molecule has 6 aliphatic heterocycles. The zero-order chi connectivity index (χ0) is 83.0. The number of aliphatic hydroxyl groups excluding tert-OH is 5. The first-order valence-corrected chi connectivity index (χ1v) is 38.7. The molecule has 0 radical (unpaired) electrons. The van der Waals surface area contributed by atoms with Gasteiger partial charge in [-0.05, 0) is 208 Å². The summed E-state index contributed by atoms with van der Waals surface area (Å²) in [5.41, 5.74) is 4.43. The molecule has 4 aliphatic carbocycles. The van der Waals surface area contributed by atoms with E-state index >= 15 is 28.8 Å². The van der Waals surface area contributed by atoms with E-state index in [1.54, 1.807) is 12.1 Å². The number of nitrogens with two attached hydrogens (primary N) is 1. The fourth-order valence-electron chi connectivity index (χ4n) is 16.7. The van der Waals surface area contributed by atoms with Gasteiger partial charge in [-0.15, -0.1) is 0 Å². The van der Waals surface area contributed by atoms with Crippen LogP contribution >= 0.6 is 11.6 Å². The van der Waals surface area contributed by atoms with Crippen LogP contribution in [0.5, 0.6) is 51.7 Å². The van der Waals surface area contributed by atoms with Crippen molar-refractivity contribution in [3.8, 4) is 62.9 Å². The number of phenolic OH excluding ortho intramolecular Hbond substituents is 3. The maximum Gasteiger partial charge on any atom is 0.325 e. The highest BCUT2D eigenvalue weighted by Crippen LogP contribution is 2.55. The summed E-state index contributed by atoms with van der Waals surface area (Å²) in [6.07, 6.45) is -9.94. The number of anilines is 1. The van der Waals surface area contributed by atoms with Crippen molar-refractivity contribution in [1.29, 1.82) is 0 Å². The number of phenols is 3. The summed E-state index contributed by atoms with van der Waals surface area (Å²) in [6, 6.07) is 5.85. The average molecular weight is 1620 g/mol. The molecule has 15 bridgehead atoms. The smallest absolute Gasteiger partial charge is 0.325 e. The number of likely N-dealkylation sites (N-methyl/N-ethyl adjacent to an activating group) is 2. The van der Waals surface area contributed by atoms with Crippen LogP contribution in [-0.2, 0) is 43.1 Å². The number of nitrogens with one attached hydrogen (secondary N) is 10. The summed E-state index contributed by atoms with van der Waals surface area (Å²) in [5.74, 6) is -12.3. The van der Waals surface area contributed by atoms with Crippen molar-refractivity contribution in [2.24, 2.45) is 35.3 Å². The van der Waals surface area contributed by atoms with Gasteiger partial charge in [0.05, 0.1) is 17.5 Å². The number of imide groups is 1. The molecule has 16 rings (SSSR count). The lowest BCUT2D eigenvalue weighted by Crippen LogP contribution is -2.60. The molecule has 20 N–H and O–H groups in total. The fraction of sp³-hybridized carbons (Fsp3) is 0.444. The first-order chi connectivity index (χ1) is 55.3. The molecule has 4 saturated carbocycles. The van der Waals surface area contributed by atoms with Gasteiger partial charge in [0.2, 0.25) is 59.3 Å². The van der Waals surface area contributed by atoms with E-state index in [4.69, 9.17) is 41.0 Å². The maximum atomic E-state index is 16.4. The Labute approximate surface area is 670 Å². The molecule has 0 spiro atoms. The number of nitrogens with zero attached hydrogens (tertiary/aromatic N) is 1. The molecule has 0 aromatic heterocycles. The van der Waals surface area contributed by atoms with Gasteiger partial charge < -0.3 is 123 Å². The van der Waals surface area contributed by atoms with Gasteiger partial charge in [0.15, 0.2) is 11.5 Å². The first-order valence-electron chi connectivity index (χ1n) is 38.3. The number of fused-ring (bicyclic) bond motifs is 15. The van der Waals surface area contributed by atoms with Crippen LogP contribution in [0.25, 0.3) is 11.1 Å². The zero-order valence-corrected chi connectivity index (χ0v) is 64.9. The second-order valence-corrected chi connectivity index (χ2v) is 31.8. The standard InChI is InChI=1S/C81H95ClN12O22/c1-34(2)19-50(84-4)73(104)92-65-67(99)39-8-15-54(35(3)20-39)113-56-28-43-29-57(72(56)116-80-71(103)70(102)69(101)58(33-83)115-80)114-55-16-9-40(27-49(55)82)68(100)66-79(110)91-64(77(108)88-61-41-22-36-21-37(24-41)25-42(61)23-36)48-30-45(95)31-53(97)60(48)47-26-38(7-14-52(47)96)62(75(106)93-66)90-76(107)63(43)89-74(105)51(86-78(65)109)32-59(98)87-81(111)85-44-10-12-46(13-11-44)112-18-17-94(5)6/h7-16,20,26-31,34,36-37,41-42,50-51,58,61-71,80,84,95-97,99-103H,17-19,21-25,32-33,83H2,1-6H3,(H,86,109)(H,88,108)(H,89,105)(H,90,107)(H,91,110)(H,92,104)(H,93,106)(H2,85,87,98,111)/t36?,37?,41?,42?,50-,51+,58-,61?,62-,63-,64+,65-,66+,67-,68-,69-,70+,71-,80+/m1/s1. The monoisotopic (exact) mass is 1620 g/mol. The van der Waals surface area contributed by atoms with Crippen LogP contribution in [0.3, 0.4) is 0 Å². The minimum absolute atomic E-state index is 0.0415. The van der Waals surface area contributed by atoms with Crippen LogP contribution in [0.2, 0.25) is 5.02 Å². The van der Waals surface area contributed by atoms with Gasteiger partial charge in [0.1, 0.15) is 114 Å². The van der Waals surface area contributed by atoms with Gasteiger partial charge in [0, 0.05) is 42.0 Å². The van der Waals surface area contributed by atoms with Crippen molar-refractivity contribution in [3.63, 3.8) is 0 Å². The Morgan fingerprint density at radius 3 is 1.94 bits per heavy atom. The minimum Gasteiger partial charge on any atom is -0.508 e. The Bertz CT molecular complexity index is 4750. The fourth-order valence-corrected chi connectivity index (χ4v) is 16.9. The van der Waals surface area contributed by atoms with Gasteiger partial charge >= 0.3 is 6.03 Å². The number of aromatic hydroxyl groups is 3. The number of ether oxygens (including phenoxy) is 5. The molecule has 116 heavy (non-hydrogen) atoms. The Kier molecular flexibility index (Phi) is 25.0. The Hall–Kier alpha value is -10.9. The van der Waals surface area contributed by atoms with E-state index < -0.39 is 192 Å². The number of halogens is 1. The van der Waals surface area contributed by atoms with Gasteiger partial charge in [-0.2, -0.15) is 0 Å². The quantitative estimate of drug-likeness (QED) is 0.0623. The van der Waals surface area contributed by atoms with Crippen molar-refractivity contribution in [2.45, 2.75) is 157 Å². The van der Waals surface area contributed by atoms with E-state index in [1.165, 1.54) is 56.4 Å². The summed E-state index contributed by atoms with van der Waals surface area (Å²) in [4.78, 5) is 139. The van der Waals surface area contributed by atoms with Crippen molar-refractivity contribution in [3.05, 3.63) is 142 Å². The molecule has 5 fully saturated rings. The second kappa shape index (κ2) is 34.9. The number of benzene rings is 6. The summed E-state index contributed by atoms with van der Waals surface area (Å²) < 4.78 is 31.7. The lowest BCUT2D eigenvalue weighted by atomic mass is 9.54. The number of carbonyl (C=O) groups is 9. The van der Waals surface area contributed by atoms with Crippen molar-refractivity contribution >= 4 is 70.6 Å². The number of aryl methyl sites for hydroxylation is 1. The largest absolute Gasteiger partial charge is 0.508 e. The van der Waals surface area contributed by atoms with E-state index in [-0.39, 0.29) is 91.4 Å². The van der Waals surface area contributed by atoms with Crippen LogP contribution < -0.4 is 77.8 Å². The van der Waals surface area contributed by atoms with Gasteiger partial charge in [-0.1, -0.05) is 43.6 Å². The molecule has 618 valence electrons. The molecule has 34 nitrogen and oxygen atoms in total. The molecule has 6 aromatic rings. The summed E-state index contributed by atoms with van der Waals surface area (Å²) >= 11 is 7.19. The highest BCUT2D eigenvalue weighted by molar-refractivity contribution is 6.32. The summed E-state index contributed by atoms with van der Waals surface area (Å²) in [5, 5.41) is 121. The SMILES string of the molecule is CN[C@H](CC(C)C)C(=O)N[C@H]1C(=O)N[C@@H](CC(=O)NC(=O)Nc2ccc(OCCN(C)C)cc2)C(=O)N[C@H]2C(=O)N[C@H]3C(=O)N[C@H](C(=O)N[C@H](C(=O)NC4C5CC6CC(C5)CC4C6)c4cc(O)cc(O)c4-c4cc3ccc4O)[C@H](O)c3ccc(c(Cl)c3)Oc3cc2cc(c3O[C@@H]2O[C@H](CN)[C@@H](O)[C@H](O)[C@H]2O)Oc2ccc(cc2C)[C@H]1O. The number of hydrogen-bond acceptors (Lipinski definition) is 25. The van der Waals surface area contributed by atoms with E-state index in [2.05, 4.69) is 53.2 Å². The first kappa shape index (κ1) is 83.0. The average Bonchev–Trinajstić information content (AvgIpc) is 0.764. The van der Waals surface area contributed by atoms with Gasteiger partial charge in [-0.25, -0.2) is 4.79 Å². The van der Waals surface area contributed by atoms with Crippen LogP contribution in [0.15, 0.2) is 103 Å². The van der Waals surface area contributed by atoms with Crippen LogP contribution in [0.1, 0.15) is 123 Å². The molecular weight excluding hydrogens is 1530 g/mol. The molecule has 1 saturated heterocycles. The van der Waals surface area contributed by atoms with Crippen molar-refractivity contribution in [2.75, 3.05) is 46.2 Å². The predicted octanol–water partition coefficient (Wildman–Crippen LogP) is 3.15. The highest BCUT2D eigenvalue weighted by atomic mass is 35.5. The molecule has 14 atom stereocenters. The third-order valence-electron chi connectivity index (χ3n) is 22.4.